The molecule has 4 rings (SSSR count). The van der Waals surface area contributed by atoms with Gasteiger partial charge in [-0.1, -0.05) is 0 Å². The highest BCUT2D eigenvalue weighted by Gasteiger charge is 2.24. The van der Waals surface area contributed by atoms with Gasteiger partial charge in [-0.05, 0) is 36.4 Å². The van der Waals surface area contributed by atoms with Crippen molar-refractivity contribution in [1.82, 2.24) is 25.1 Å². The van der Waals surface area contributed by atoms with Crippen molar-refractivity contribution in [3.8, 4) is 0 Å². The molecule has 1 saturated heterocycles. The summed E-state index contributed by atoms with van der Waals surface area (Å²) in [6, 6.07) is 8.46. The second kappa shape index (κ2) is 10.00. The molecule has 1 aliphatic rings. The first-order valence-corrected chi connectivity index (χ1v) is 10.8. The Labute approximate surface area is 193 Å². The molecule has 2 aromatic carbocycles. The Kier molecular flexibility index (Phi) is 6.87. The summed E-state index contributed by atoms with van der Waals surface area (Å²) in [5, 5.41) is 23.0. The van der Waals surface area contributed by atoms with E-state index >= 15 is 0 Å². The molecule has 0 radical (unpaired) electrons. The van der Waals surface area contributed by atoms with Crippen LogP contribution >= 0.6 is 0 Å². The number of nitrogens with zero attached hydrogens (tertiary/aromatic N) is 7. The maximum absolute atomic E-state index is 13.9. The number of halogens is 2. The van der Waals surface area contributed by atoms with Crippen LogP contribution in [0.2, 0.25) is 0 Å². The van der Waals surface area contributed by atoms with E-state index in [1.54, 1.807) is 12.1 Å². The molecule has 3 aromatic rings. The highest BCUT2D eigenvalue weighted by molar-refractivity contribution is 5.98. The Morgan fingerprint density at radius 3 is 2.47 bits per heavy atom. The third kappa shape index (κ3) is 5.22. The van der Waals surface area contributed by atoms with Crippen molar-refractivity contribution in [2.75, 3.05) is 37.6 Å². The molecular weight excluding hydrogens is 448 g/mol. The third-order valence-electron chi connectivity index (χ3n) is 5.84. The van der Waals surface area contributed by atoms with Gasteiger partial charge in [-0.25, -0.2) is 8.78 Å². The quantitative estimate of drug-likeness (QED) is 0.280. The molecule has 0 saturated carbocycles. The number of rotatable bonds is 8. The zero-order chi connectivity index (χ0) is 24.2. The minimum atomic E-state index is -0.926. The van der Waals surface area contributed by atoms with Crippen LogP contribution in [0.5, 0.6) is 0 Å². The third-order valence-corrected chi connectivity index (χ3v) is 5.84. The first kappa shape index (κ1) is 23.4. The molecule has 0 spiro atoms. The van der Waals surface area contributed by atoms with Gasteiger partial charge in [-0.15, -0.1) is 10.2 Å². The molecule has 12 heteroatoms. The van der Waals surface area contributed by atoms with Gasteiger partial charge in [0.05, 0.1) is 10.5 Å². The van der Waals surface area contributed by atoms with Gasteiger partial charge in [0.15, 0.2) is 11.6 Å². The van der Waals surface area contributed by atoms with Gasteiger partial charge < -0.3 is 4.90 Å². The maximum Gasteiger partial charge on any atom is 0.269 e. The Morgan fingerprint density at radius 1 is 1.12 bits per heavy atom. The van der Waals surface area contributed by atoms with Crippen LogP contribution in [0.4, 0.5) is 20.2 Å². The molecule has 1 fully saturated rings. The van der Waals surface area contributed by atoms with Gasteiger partial charge in [0.25, 0.3) is 5.69 Å². The fraction of sp³-hybridized carbons (Fsp3) is 0.364. The number of carbonyl (C=O) groups excluding carboxylic acids is 1. The van der Waals surface area contributed by atoms with Crippen LogP contribution in [0.3, 0.4) is 0 Å². The molecule has 1 atom stereocenters. The van der Waals surface area contributed by atoms with Crippen LogP contribution < -0.4 is 4.90 Å². The number of piperazine rings is 1. The lowest BCUT2D eigenvalue weighted by atomic mass is 10.1. The summed E-state index contributed by atoms with van der Waals surface area (Å²) in [6.07, 6.45) is 0.531. The molecule has 0 N–H and O–H groups in total. The minimum Gasteiger partial charge on any atom is -0.369 e. The highest BCUT2D eigenvalue weighted by Crippen LogP contribution is 2.21. The number of hydrogen-bond donors (Lipinski definition) is 0. The molecule has 2 heterocycles. The van der Waals surface area contributed by atoms with E-state index in [0.29, 0.717) is 24.9 Å². The van der Waals surface area contributed by atoms with Gasteiger partial charge in [0.2, 0.25) is 0 Å². The van der Waals surface area contributed by atoms with Crippen molar-refractivity contribution in [2.45, 2.75) is 19.4 Å². The van der Waals surface area contributed by atoms with Gasteiger partial charge in [-0.3, -0.25) is 19.8 Å². The highest BCUT2D eigenvalue weighted by atomic mass is 19.1. The van der Waals surface area contributed by atoms with E-state index in [4.69, 9.17) is 0 Å². The Bertz CT molecular complexity index is 1180. The molecule has 0 aliphatic carbocycles. The lowest BCUT2D eigenvalue weighted by molar-refractivity contribution is -0.384. The summed E-state index contributed by atoms with van der Waals surface area (Å²) in [4.78, 5) is 28.5. The van der Waals surface area contributed by atoms with Crippen LogP contribution in [-0.2, 0) is 6.42 Å². The van der Waals surface area contributed by atoms with Gasteiger partial charge in [-0.2, -0.15) is 4.80 Å². The summed E-state index contributed by atoms with van der Waals surface area (Å²) >= 11 is 0. The fourth-order valence-corrected chi connectivity index (χ4v) is 3.81. The first-order chi connectivity index (χ1) is 16.3. The lowest BCUT2D eigenvalue weighted by Crippen LogP contribution is -2.47. The molecule has 10 nitrogen and oxygen atoms in total. The SMILES string of the molecule is CC(C(=O)c1ccc(F)cc1F)n1nnc(CCN2CCN(c3ccc([N+](=O)[O-])cc3)CC2)n1. The van der Waals surface area contributed by atoms with Gasteiger partial charge >= 0.3 is 0 Å². The van der Waals surface area contributed by atoms with Crippen LogP contribution in [0.25, 0.3) is 0 Å². The Hall–Kier alpha value is -3.80. The number of ketones is 1. The number of Topliss-reactive ketones (excluding diaryl/α,β-unsaturated/α-hetero) is 1. The number of tetrazole rings is 1. The molecule has 34 heavy (non-hydrogen) atoms. The van der Waals surface area contributed by atoms with Crippen LogP contribution in [0, 0.1) is 21.7 Å². The summed E-state index contributed by atoms with van der Waals surface area (Å²) in [5.41, 5.74) is 0.798. The number of nitro benzene ring substituents is 1. The zero-order valence-electron chi connectivity index (χ0n) is 18.5. The average Bonchev–Trinajstić information content (AvgIpc) is 3.31. The largest absolute Gasteiger partial charge is 0.369 e. The van der Waals surface area contributed by atoms with E-state index in [2.05, 4.69) is 25.2 Å². The second-order valence-electron chi connectivity index (χ2n) is 8.04. The molecule has 1 unspecified atom stereocenters. The Balaban J connectivity index is 1.28. The first-order valence-electron chi connectivity index (χ1n) is 10.8. The van der Waals surface area contributed by atoms with Gasteiger partial charge in [0, 0.05) is 63.0 Å². The number of hydrogen-bond acceptors (Lipinski definition) is 8. The number of anilines is 1. The smallest absolute Gasteiger partial charge is 0.269 e. The van der Waals surface area contributed by atoms with Crippen molar-refractivity contribution in [3.05, 3.63) is 75.6 Å². The van der Waals surface area contributed by atoms with E-state index in [9.17, 15) is 23.7 Å². The number of carbonyl (C=O) groups is 1. The molecule has 178 valence electrons. The van der Waals surface area contributed by atoms with Crippen molar-refractivity contribution >= 4 is 17.2 Å². The Morgan fingerprint density at radius 2 is 1.82 bits per heavy atom. The molecule has 1 aliphatic heterocycles. The number of aromatic nitrogens is 4. The van der Waals surface area contributed by atoms with Crippen LogP contribution in [0.1, 0.15) is 29.1 Å². The van der Waals surface area contributed by atoms with Crippen molar-refractivity contribution < 1.29 is 18.5 Å². The lowest BCUT2D eigenvalue weighted by Gasteiger charge is -2.35. The number of non-ortho nitro benzene ring substituents is 1. The molecular formula is C22H23F2N7O3. The topological polar surface area (TPSA) is 110 Å². The summed E-state index contributed by atoms with van der Waals surface area (Å²) < 4.78 is 27.0. The molecule has 0 amide bonds. The van der Waals surface area contributed by atoms with E-state index in [1.807, 2.05) is 0 Å². The maximum atomic E-state index is 13.9. The van der Waals surface area contributed by atoms with Crippen molar-refractivity contribution in [3.63, 3.8) is 0 Å². The van der Waals surface area contributed by atoms with E-state index in [-0.39, 0.29) is 11.3 Å². The summed E-state index contributed by atoms with van der Waals surface area (Å²) in [5.74, 6) is -1.78. The van der Waals surface area contributed by atoms with Gasteiger partial charge in [0.1, 0.15) is 17.7 Å². The fourth-order valence-electron chi connectivity index (χ4n) is 3.81. The summed E-state index contributed by atoms with van der Waals surface area (Å²) in [6.45, 7) is 5.43. The molecule has 1 aromatic heterocycles. The second-order valence-corrected chi connectivity index (χ2v) is 8.04. The van der Waals surface area contributed by atoms with Crippen LogP contribution in [-0.4, -0.2) is 68.5 Å². The van der Waals surface area contributed by atoms with E-state index in [1.165, 1.54) is 19.1 Å². The standard InChI is InChI=1S/C22H23F2N7O3/c1-15(22(32)19-7-2-16(23)14-20(19)24)30-26-21(25-27-30)8-9-28-10-12-29(13-11-28)17-3-5-18(6-4-17)31(33)34/h2-7,14-15H,8-13H2,1H3. The number of benzene rings is 2. The molecule has 0 bridgehead atoms. The average molecular weight is 471 g/mol. The minimum absolute atomic E-state index is 0.0711. The predicted octanol–water partition coefficient (Wildman–Crippen LogP) is 2.67. The van der Waals surface area contributed by atoms with Crippen LogP contribution in [0.15, 0.2) is 42.5 Å². The normalized spacial score (nSPS) is 15.3. The zero-order valence-corrected chi connectivity index (χ0v) is 18.5. The summed E-state index contributed by atoms with van der Waals surface area (Å²) in [7, 11) is 0. The van der Waals surface area contributed by atoms with E-state index < -0.39 is 28.4 Å². The predicted molar refractivity (Wildman–Crippen MR) is 119 cm³/mol. The number of nitro groups is 1. The van der Waals surface area contributed by atoms with Crippen molar-refractivity contribution in [2.24, 2.45) is 0 Å². The van der Waals surface area contributed by atoms with Crippen molar-refractivity contribution in [1.29, 1.82) is 0 Å². The van der Waals surface area contributed by atoms with E-state index in [0.717, 1.165) is 48.8 Å². The monoisotopic (exact) mass is 471 g/mol.